The number of halogens is 1. The van der Waals surface area contributed by atoms with Gasteiger partial charge < -0.3 is 10.6 Å². The summed E-state index contributed by atoms with van der Waals surface area (Å²) in [6.45, 7) is 2.52. The van der Waals surface area contributed by atoms with E-state index in [4.69, 9.17) is 9.97 Å². The Labute approximate surface area is 158 Å². The largest absolute Gasteiger partial charge is 0.369 e. The summed E-state index contributed by atoms with van der Waals surface area (Å²) in [6.07, 6.45) is 6.04. The van der Waals surface area contributed by atoms with Gasteiger partial charge in [0, 0.05) is 43.0 Å². The van der Waals surface area contributed by atoms with E-state index in [2.05, 4.69) is 15.6 Å². The smallest absolute Gasteiger partial charge is 0.163 e. The van der Waals surface area contributed by atoms with Crippen LogP contribution in [-0.2, 0) is 19.3 Å². The van der Waals surface area contributed by atoms with E-state index in [9.17, 15) is 4.39 Å². The fourth-order valence-corrected chi connectivity index (χ4v) is 3.33. The van der Waals surface area contributed by atoms with Gasteiger partial charge >= 0.3 is 0 Å². The van der Waals surface area contributed by atoms with Crippen molar-refractivity contribution in [2.75, 3.05) is 25.0 Å². The molecule has 1 aromatic carbocycles. The average molecular weight is 363 g/mol. The van der Waals surface area contributed by atoms with Gasteiger partial charge in [0.2, 0.25) is 0 Å². The monoisotopic (exact) mass is 363 g/mol. The average Bonchev–Trinajstić information content (AvgIpc) is 2.94. The highest BCUT2D eigenvalue weighted by molar-refractivity contribution is 5.59. The van der Waals surface area contributed by atoms with Crippen LogP contribution in [0.2, 0.25) is 0 Å². The van der Waals surface area contributed by atoms with Crippen molar-refractivity contribution in [2.45, 2.75) is 19.3 Å². The van der Waals surface area contributed by atoms with E-state index in [0.29, 0.717) is 12.4 Å². The minimum atomic E-state index is -0.201. The lowest BCUT2D eigenvalue weighted by Crippen LogP contribution is -2.16. The summed E-state index contributed by atoms with van der Waals surface area (Å²) in [4.78, 5) is 13.8. The number of hydrogen-bond donors (Lipinski definition) is 2. The number of hydrogen-bond acceptors (Lipinski definition) is 5. The molecule has 0 saturated heterocycles. The summed E-state index contributed by atoms with van der Waals surface area (Å²) < 4.78 is 13.4. The molecule has 3 aromatic rings. The number of anilines is 1. The zero-order valence-corrected chi connectivity index (χ0v) is 15.1. The van der Waals surface area contributed by atoms with E-state index >= 15 is 0 Å². The highest BCUT2D eigenvalue weighted by Crippen LogP contribution is 2.24. The van der Waals surface area contributed by atoms with Crippen molar-refractivity contribution in [3.8, 4) is 11.4 Å². The van der Waals surface area contributed by atoms with Crippen LogP contribution in [0.5, 0.6) is 0 Å². The lowest BCUT2D eigenvalue weighted by Gasteiger charge is -2.15. The van der Waals surface area contributed by atoms with Gasteiger partial charge in [-0.25, -0.2) is 14.4 Å². The molecule has 5 nitrogen and oxygen atoms in total. The van der Waals surface area contributed by atoms with Crippen molar-refractivity contribution in [3.05, 3.63) is 71.4 Å². The van der Waals surface area contributed by atoms with Crippen LogP contribution in [0.25, 0.3) is 11.4 Å². The Balaban J connectivity index is 1.59. The van der Waals surface area contributed by atoms with Gasteiger partial charge in [0.25, 0.3) is 0 Å². The molecule has 0 bridgehead atoms. The second kappa shape index (κ2) is 8.22. The van der Waals surface area contributed by atoms with Gasteiger partial charge in [0.05, 0.1) is 5.69 Å². The van der Waals surface area contributed by atoms with E-state index in [-0.39, 0.29) is 5.82 Å². The molecule has 4 rings (SSSR count). The van der Waals surface area contributed by atoms with E-state index in [1.807, 2.05) is 18.2 Å². The maximum Gasteiger partial charge on any atom is 0.163 e. The van der Waals surface area contributed by atoms with E-state index in [1.54, 1.807) is 24.5 Å². The van der Waals surface area contributed by atoms with Crippen LogP contribution in [0, 0.1) is 5.82 Å². The normalized spacial score (nSPS) is 13.7. The van der Waals surface area contributed by atoms with E-state index in [1.165, 1.54) is 11.6 Å². The Kier molecular flexibility index (Phi) is 5.34. The predicted molar refractivity (Wildman–Crippen MR) is 104 cm³/mol. The molecule has 2 N–H and O–H groups in total. The van der Waals surface area contributed by atoms with Gasteiger partial charge in [-0.2, -0.15) is 0 Å². The van der Waals surface area contributed by atoms with Crippen LogP contribution in [0.15, 0.2) is 48.8 Å². The third kappa shape index (κ3) is 4.28. The fourth-order valence-electron chi connectivity index (χ4n) is 3.33. The molecular weight excluding hydrogens is 341 g/mol. The molecule has 0 atom stereocenters. The van der Waals surface area contributed by atoms with Crippen LogP contribution in [0.3, 0.4) is 0 Å². The van der Waals surface area contributed by atoms with Crippen molar-refractivity contribution in [2.24, 2.45) is 0 Å². The molecular formula is C21H22FN5. The maximum atomic E-state index is 13.4. The number of benzene rings is 1. The standard InChI is InChI=1S/C21H22FN5/c22-17-5-1-3-15(13-17)6-12-25-21-18-7-10-23-11-8-19(18)26-20(27-21)16-4-2-9-24-14-16/h1-5,9,13-14,23H,6-8,10-12H2,(H,25,26,27). The molecule has 27 heavy (non-hydrogen) atoms. The molecule has 0 radical (unpaired) electrons. The summed E-state index contributed by atoms with van der Waals surface area (Å²) in [5.74, 6) is 1.37. The lowest BCUT2D eigenvalue weighted by atomic mass is 10.1. The molecule has 1 aliphatic heterocycles. The number of nitrogens with zero attached hydrogens (tertiary/aromatic N) is 3. The molecule has 0 fully saturated rings. The van der Waals surface area contributed by atoms with Crippen LogP contribution in [0.1, 0.15) is 16.8 Å². The first-order chi connectivity index (χ1) is 13.3. The van der Waals surface area contributed by atoms with E-state index < -0.39 is 0 Å². The third-order valence-corrected chi connectivity index (χ3v) is 4.70. The molecule has 0 saturated carbocycles. The number of fused-ring (bicyclic) bond motifs is 1. The third-order valence-electron chi connectivity index (χ3n) is 4.70. The highest BCUT2D eigenvalue weighted by Gasteiger charge is 2.17. The topological polar surface area (TPSA) is 62.7 Å². The Bertz CT molecular complexity index is 914. The number of pyridine rings is 1. The molecule has 0 aliphatic carbocycles. The zero-order valence-electron chi connectivity index (χ0n) is 15.1. The minimum absolute atomic E-state index is 0.201. The van der Waals surface area contributed by atoms with Gasteiger partial charge in [-0.1, -0.05) is 12.1 Å². The molecule has 0 amide bonds. The summed E-state index contributed by atoms with van der Waals surface area (Å²) in [6, 6.07) is 10.6. The minimum Gasteiger partial charge on any atom is -0.369 e. The molecule has 3 heterocycles. The molecule has 1 aliphatic rings. The molecule has 2 aromatic heterocycles. The Morgan fingerprint density at radius 3 is 2.85 bits per heavy atom. The van der Waals surface area contributed by atoms with Gasteiger partial charge in [-0.3, -0.25) is 4.98 Å². The van der Waals surface area contributed by atoms with Crippen molar-refractivity contribution in [1.82, 2.24) is 20.3 Å². The Morgan fingerprint density at radius 2 is 2.00 bits per heavy atom. The van der Waals surface area contributed by atoms with Gasteiger partial charge in [0.1, 0.15) is 11.6 Å². The second-order valence-corrected chi connectivity index (χ2v) is 6.62. The number of nitrogens with one attached hydrogen (secondary N) is 2. The molecule has 0 spiro atoms. The van der Waals surface area contributed by atoms with Crippen molar-refractivity contribution < 1.29 is 4.39 Å². The number of rotatable bonds is 5. The van der Waals surface area contributed by atoms with Crippen LogP contribution in [0.4, 0.5) is 10.2 Å². The van der Waals surface area contributed by atoms with Gasteiger partial charge in [-0.05, 0) is 49.2 Å². The summed E-state index contributed by atoms with van der Waals surface area (Å²) in [5, 5.41) is 6.88. The first-order valence-electron chi connectivity index (χ1n) is 9.29. The second-order valence-electron chi connectivity index (χ2n) is 6.62. The van der Waals surface area contributed by atoms with Crippen molar-refractivity contribution in [1.29, 1.82) is 0 Å². The molecule has 0 unspecified atom stereocenters. The summed E-state index contributed by atoms with van der Waals surface area (Å²) in [5.41, 5.74) is 4.14. The van der Waals surface area contributed by atoms with Crippen molar-refractivity contribution in [3.63, 3.8) is 0 Å². The summed E-state index contributed by atoms with van der Waals surface area (Å²) in [7, 11) is 0. The van der Waals surface area contributed by atoms with Crippen LogP contribution in [-0.4, -0.2) is 34.6 Å². The SMILES string of the molecule is Fc1cccc(CCNc2nc(-c3cccnc3)nc3c2CCNCC3)c1. The molecule has 138 valence electrons. The first kappa shape index (κ1) is 17.5. The van der Waals surface area contributed by atoms with Gasteiger partial charge in [-0.15, -0.1) is 0 Å². The zero-order chi connectivity index (χ0) is 18.5. The lowest BCUT2D eigenvalue weighted by molar-refractivity contribution is 0.625. The van der Waals surface area contributed by atoms with Gasteiger partial charge in [0.15, 0.2) is 5.82 Å². The Hall–Kier alpha value is -2.86. The molecule has 6 heteroatoms. The van der Waals surface area contributed by atoms with E-state index in [0.717, 1.165) is 55.0 Å². The fraction of sp³-hybridized carbons (Fsp3) is 0.286. The maximum absolute atomic E-state index is 13.4. The quantitative estimate of drug-likeness (QED) is 0.730. The highest BCUT2D eigenvalue weighted by atomic mass is 19.1. The number of aromatic nitrogens is 3. The van der Waals surface area contributed by atoms with Crippen molar-refractivity contribution >= 4 is 5.82 Å². The predicted octanol–water partition coefficient (Wildman–Crippen LogP) is 3.02. The van der Waals surface area contributed by atoms with Crippen LogP contribution < -0.4 is 10.6 Å². The first-order valence-corrected chi connectivity index (χ1v) is 9.29. The Morgan fingerprint density at radius 1 is 1.07 bits per heavy atom. The van der Waals surface area contributed by atoms with Crippen LogP contribution >= 0.6 is 0 Å². The summed E-state index contributed by atoms with van der Waals surface area (Å²) >= 11 is 0.